The van der Waals surface area contributed by atoms with E-state index < -0.39 is 0 Å². The fourth-order valence-electron chi connectivity index (χ4n) is 4.60. The van der Waals surface area contributed by atoms with Crippen molar-refractivity contribution in [2.24, 2.45) is 0 Å². The van der Waals surface area contributed by atoms with Crippen LogP contribution in [0.3, 0.4) is 0 Å². The van der Waals surface area contributed by atoms with E-state index >= 15 is 0 Å². The van der Waals surface area contributed by atoms with E-state index in [4.69, 9.17) is 9.57 Å². The molecule has 2 heterocycles. The number of benzene rings is 2. The first-order valence-electron chi connectivity index (χ1n) is 13.4. The summed E-state index contributed by atoms with van der Waals surface area (Å²) in [6, 6.07) is 14.2. The number of methoxy groups -OCH3 is 1. The fraction of sp³-hybridized carbons (Fsp3) is 0.367. The number of nitrogens with zero attached hydrogens (tertiary/aromatic N) is 5. The molecule has 1 fully saturated rings. The smallest absolute Gasteiger partial charge is 0.247 e. The largest absolute Gasteiger partial charge is 0.494 e. The molecule has 1 saturated heterocycles. The molecule has 2 N–H and O–H groups in total. The third kappa shape index (κ3) is 6.88. The molecule has 40 heavy (non-hydrogen) atoms. The number of ether oxygens (including phenoxy) is 1. The highest BCUT2D eigenvalue weighted by Gasteiger charge is 2.29. The minimum atomic E-state index is -0.299. The molecule has 3 aromatic rings. The van der Waals surface area contributed by atoms with E-state index in [0.29, 0.717) is 35.4 Å². The molecule has 1 amide bonds. The summed E-state index contributed by atoms with van der Waals surface area (Å²) in [5.41, 5.74) is 4.58. The quantitative estimate of drug-likeness (QED) is 0.311. The second kappa shape index (κ2) is 13.3. The lowest BCUT2D eigenvalue weighted by Crippen LogP contribution is -2.29. The summed E-state index contributed by atoms with van der Waals surface area (Å²) in [6.07, 6.45) is 4.60. The first-order valence-corrected chi connectivity index (χ1v) is 13.4. The van der Waals surface area contributed by atoms with Crippen molar-refractivity contribution in [1.82, 2.24) is 14.9 Å². The SMILES string of the molecule is C=CC(=O)Nc1cc(Nc2cc(N3OCC[C@@H]3c3cccc(CC)c3)ncn2)c(OC)cc1N(C)CCN(C)C. The molecule has 0 aliphatic carbocycles. The predicted molar refractivity (Wildman–Crippen MR) is 161 cm³/mol. The monoisotopic (exact) mass is 545 g/mol. The van der Waals surface area contributed by atoms with E-state index in [1.807, 2.05) is 44.4 Å². The Morgan fingerprint density at radius 3 is 2.73 bits per heavy atom. The highest BCUT2D eigenvalue weighted by atomic mass is 16.7. The van der Waals surface area contributed by atoms with E-state index in [1.165, 1.54) is 23.5 Å². The number of hydroxylamine groups is 1. The van der Waals surface area contributed by atoms with Crippen molar-refractivity contribution in [3.63, 3.8) is 0 Å². The zero-order valence-electron chi connectivity index (χ0n) is 24.0. The van der Waals surface area contributed by atoms with Crippen LogP contribution in [0.4, 0.5) is 28.7 Å². The molecule has 0 unspecified atom stereocenters. The number of anilines is 5. The third-order valence-electron chi connectivity index (χ3n) is 6.84. The Morgan fingerprint density at radius 1 is 1.18 bits per heavy atom. The van der Waals surface area contributed by atoms with Crippen molar-refractivity contribution in [2.75, 3.05) is 68.5 Å². The van der Waals surface area contributed by atoms with Crippen LogP contribution >= 0.6 is 0 Å². The van der Waals surface area contributed by atoms with Gasteiger partial charge in [-0.15, -0.1) is 0 Å². The van der Waals surface area contributed by atoms with Crippen LogP contribution in [-0.4, -0.2) is 68.7 Å². The molecule has 2 aromatic carbocycles. The van der Waals surface area contributed by atoms with Crippen molar-refractivity contribution in [2.45, 2.75) is 25.8 Å². The molecule has 0 saturated carbocycles. The minimum absolute atomic E-state index is 0.0569. The van der Waals surface area contributed by atoms with Gasteiger partial charge in [0.1, 0.15) is 17.9 Å². The van der Waals surface area contributed by atoms with Gasteiger partial charge in [0.15, 0.2) is 5.82 Å². The number of aromatic nitrogens is 2. The van der Waals surface area contributed by atoms with Gasteiger partial charge in [-0.2, -0.15) is 0 Å². The normalized spacial score (nSPS) is 14.8. The average Bonchev–Trinajstić information content (AvgIpc) is 3.46. The van der Waals surface area contributed by atoms with Gasteiger partial charge in [0.05, 0.1) is 36.8 Å². The van der Waals surface area contributed by atoms with Gasteiger partial charge in [-0.05, 0) is 43.8 Å². The number of hydrogen-bond donors (Lipinski definition) is 2. The maximum absolute atomic E-state index is 12.3. The van der Waals surface area contributed by atoms with E-state index in [2.05, 4.69) is 68.2 Å². The van der Waals surface area contributed by atoms with Gasteiger partial charge in [0, 0.05) is 38.7 Å². The molecule has 1 aliphatic heterocycles. The number of carbonyl (C=O) groups is 1. The molecule has 1 aliphatic rings. The Kier molecular flexibility index (Phi) is 9.57. The molecule has 1 atom stereocenters. The van der Waals surface area contributed by atoms with Gasteiger partial charge < -0.3 is 25.2 Å². The number of hydrogen-bond acceptors (Lipinski definition) is 9. The van der Waals surface area contributed by atoms with Crippen LogP contribution in [0.5, 0.6) is 5.75 Å². The summed E-state index contributed by atoms with van der Waals surface area (Å²) in [7, 11) is 7.64. The number of amides is 1. The van der Waals surface area contributed by atoms with Gasteiger partial charge in [0.2, 0.25) is 5.91 Å². The topological polar surface area (TPSA) is 95.1 Å². The van der Waals surface area contributed by atoms with E-state index in [9.17, 15) is 4.79 Å². The highest BCUT2D eigenvalue weighted by molar-refractivity contribution is 6.02. The summed E-state index contributed by atoms with van der Waals surface area (Å²) in [5.74, 6) is 1.53. The molecule has 1 aromatic heterocycles. The van der Waals surface area contributed by atoms with Crippen LogP contribution in [0.1, 0.15) is 30.5 Å². The van der Waals surface area contributed by atoms with Gasteiger partial charge >= 0.3 is 0 Å². The van der Waals surface area contributed by atoms with Crippen molar-refractivity contribution in [1.29, 1.82) is 0 Å². The Balaban J connectivity index is 1.63. The zero-order valence-corrected chi connectivity index (χ0v) is 24.0. The summed E-state index contributed by atoms with van der Waals surface area (Å²) in [6.45, 7) is 7.96. The van der Waals surface area contributed by atoms with Crippen LogP contribution in [0.15, 0.2) is 61.4 Å². The highest BCUT2D eigenvalue weighted by Crippen LogP contribution is 2.39. The van der Waals surface area contributed by atoms with E-state index in [0.717, 1.165) is 31.6 Å². The summed E-state index contributed by atoms with van der Waals surface area (Å²) >= 11 is 0. The molecule has 0 spiro atoms. The number of carbonyl (C=O) groups excluding carboxylic acids is 1. The first-order chi connectivity index (χ1) is 19.3. The van der Waals surface area contributed by atoms with Crippen molar-refractivity contribution in [3.05, 3.63) is 72.6 Å². The first kappa shape index (κ1) is 28.8. The number of aryl methyl sites for hydroxylation is 1. The van der Waals surface area contributed by atoms with E-state index in [-0.39, 0.29) is 11.9 Å². The lowest BCUT2D eigenvalue weighted by Gasteiger charge is -2.26. The van der Waals surface area contributed by atoms with Crippen LogP contribution in [0.25, 0.3) is 0 Å². The van der Waals surface area contributed by atoms with Gasteiger partial charge in [0.25, 0.3) is 0 Å². The van der Waals surface area contributed by atoms with Crippen LogP contribution in [0, 0.1) is 0 Å². The van der Waals surface area contributed by atoms with Gasteiger partial charge in [-0.3, -0.25) is 9.63 Å². The molecular weight excluding hydrogens is 506 g/mol. The molecule has 10 nitrogen and oxygen atoms in total. The van der Waals surface area contributed by atoms with Gasteiger partial charge in [-0.1, -0.05) is 37.8 Å². The van der Waals surface area contributed by atoms with Crippen LogP contribution < -0.4 is 25.3 Å². The predicted octanol–water partition coefficient (Wildman–Crippen LogP) is 4.80. The second-order valence-electron chi connectivity index (χ2n) is 9.94. The Bertz CT molecular complexity index is 1330. The molecular formula is C30H39N7O3. The Hall–Kier alpha value is -4.15. The van der Waals surface area contributed by atoms with Crippen molar-refractivity contribution in [3.8, 4) is 5.75 Å². The van der Waals surface area contributed by atoms with Crippen LogP contribution in [-0.2, 0) is 16.1 Å². The summed E-state index contributed by atoms with van der Waals surface area (Å²) < 4.78 is 5.74. The lowest BCUT2D eigenvalue weighted by atomic mass is 10.0. The number of nitrogens with one attached hydrogen (secondary N) is 2. The number of likely N-dealkylation sites (N-methyl/N-ethyl adjacent to an activating group) is 2. The second-order valence-corrected chi connectivity index (χ2v) is 9.94. The number of rotatable bonds is 12. The van der Waals surface area contributed by atoms with E-state index in [1.54, 1.807) is 7.11 Å². The maximum Gasteiger partial charge on any atom is 0.247 e. The minimum Gasteiger partial charge on any atom is -0.494 e. The average molecular weight is 546 g/mol. The van der Waals surface area contributed by atoms with Crippen LogP contribution in [0.2, 0.25) is 0 Å². The summed E-state index contributed by atoms with van der Waals surface area (Å²) in [5, 5.41) is 8.13. The zero-order chi connectivity index (χ0) is 28.6. The third-order valence-corrected chi connectivity index (χ3v) is 6.84. The van der Waals surface area contributed by atoms with Crippen molar-refractivity contribution < 1.29 is 14.4 Å². The Morgan fingerprint density at radius 2 is 2.00 bits per heavy atom. The summed E-state index contributed by atoms with van der Waals surface area (Å²) in [4.78, 5) is 31.4. The Labute approximate surface area is 236 Å². The lowest BCUT2D eigenvalue weighted by molar-refractivity contribution is -0.111. The molecule has 0 radical (unpaired) electrons. The fourth-order valence-corrected chi connectivity index (χ4v) is 4.60. The maximum atomic E-state index is 12.3. The standard InChI is InChI=1S/C30H39N7O3/c1-7-21-10-9-11-22(16-21)25-12-15-40-37(25)29-19-28(31-20-32-29)33-24-17-23(34-30(38)8-2)26(18-27(24)39-6)36(5)14-13-35(3)4/h8-11,16-20,25H,2,7,12-15H2,1,3-6H3,(H,34,38)(H,31,32,33)/t25-/m1/s1. The molecule has 10 heteroatoms. The van der Waals surface area contributed by atoms with Gasteiger partial charge in [-0.25, -0.2) is 15.0 Å². The molecule has 0 bridgehead atoms. The van der Waals surface area contributed by atoms with Crippen molar-refractivity contribution >= 4 is 34.6 Å². The molecule has 4 rings (SSSR count). The molecule has 212 valence electrons.